The summed E-state index contributed by atoms with van der Waals surface area (Å²) in [6.45, 7) is 3.27. The number of sulfonamides is 1. The van der Waals surface area contributed by atoms with E-state index in [0.717, 1.165) is 4.31 Å². The molecule has 0 unspecified atom stereocenters. The van der Waals surface area contributed by atoms with Crippen LogP contribution in [0.1, 0.15) is 11.1 Å². The summed E-state index contributed by atoms with van der Waals surface area (Å²) in [5.41, 5.74) is 1.97. The largest absolute Gasteiger partial charge is 0.376 e. The van der Waals surface area contributed by atoms with E-state index in [1.165, 1.54) is 26.2 Å². The monoisotopic (exact) mass is 379 g/mol. The van der Waals surface area contributed by atoms with E-state index in [1.807, 2.05) is 0 Å². The Bertz CT molecular complexity index is 927. The average Bonchev–Trinajstić information content (AvgIpc) is 2.57. The number of rotatable bonds is 6. The highest BCUT2D eigenvalue weighted by atomic mass is 32.2. The second-order valence-electron chi connectivity index (χ2n) is 6.13. The molecule has 0 saturated heterocycles. The third-order valence-corrected chi connectivity index (χ3v) is 5.81. The van der Waals surface area contributed by atoms with Crippen LogP contribution in [0.4, 0.5) is 15.8 Å². The van der Waals surface area contributed by atoms with E-state index in [9.17, 15) is 17.6 Å². The van der Waals surface area contributed by atoms with E-state index in [1.54, 1.807) is 38.1 Å². The summed E-state index contributed by atoms with van der Waals surface area (Å²) in [5.74, 6) is -0.726. The van der Waals surface area contributed by atoms with Gasteiger partial charge in [-0.05, 0) is 49.2 Å². The minimum Gasteiger partial charge on any atom is -0.376 e. The maximum absolute atomic E-state index is 13.5. The van der Waals surface area contributed by atoms with Gasteiger partial charge in [-0.25, -0.2) is 17.1 Å². The number of anilines is 2. The van der Waals surface area contributed by atoms with Crippen molar-refractivity contribution in [2.24, 2.45) is 0 Å². The lowest BCUT2D eigenvalue weighted by molar-refractivity contribution is -0.114. The Balaban J connectivity index is 2.08. The zero-order valence-corrected chi connectivity index (χ0v) is 15.9. The Hall–Kier alpha value is -2.45. The van der Waals surface area contributed by atoms with Gasteiger partial charge in [0, 0.05) is 25.5 Å². The number of benzene rings is 2. The molecular formula is C18H22FN3O3S. The number of carbonyl (C=O) groups is 1. The van der Waals surface area contributed by atoms with Crippen molar-refractivity contribution in [2.45, 2.75) is 18.7 Å². The summed E-state index contributed by atoms with van der Waals surface area (Å²) in [6.07, 6.45) is 0. The molecule has 0 aliphatic carbocycles. The van der Waals surface area contributed by atoms with Crippen molar-refractivity contribution in [3.05, 3.63) is 53.3 Å². The van der Waals surface area contributed by atoms with Crippen LogP contribution in [0.15, 0.2) is 41.3 Å². The van der Waals surface area contributed by atoms with Crippen molar-refractivity contribution >= 4 is 27.3 Å². The smallest absolute Gasteiger partial charge is 0.243 e. The average molecular weight is 379 g/mol. The zero-order chi connectivity index (χ0) is 19.5. The number of aryl methyl sites for hydroxylation is 2. The van der Waals surface area contributed by atoms with Gasteiger partial charge in [0.25, 0.3) is 0 Å². The Morgan fingerprint density at radius 1 is 1.04 bits per heavy atom. The second-order valence-corrected chi connectivity index (χ2v) is 8.25. The standard InChI is InChI=1S/C18H22FN3O3S/c1-12-5-7-14(9-16(12)19)20-11-18(23)21-15-8-6-13(2)17(10-15)26(24,25)22(3)4/h5-10,20H,11H2,1-4H3,(H,21,23). The lowest BCUT2D eigenvalue weighted by Crippen LogP contribution is -2.24. The van der Waals surface area contributed by atoms with E-state index in [0.29, 0.717) is 22.5 Å². The minimum atomic E-state index is -3.61. The molecule has 0 aliphatic rings. The van der Waals surface area contributed by atoms with E-state index in [-0.39, 0.29) is 23.2 Å². The van der Waals surface area contributed by atoms with Gasteiger partial charge in [-0.1, -0.05) is 12.1 Å². The molecule has 0 fully saturated rings. The van der Waals surface area contributed by atoms with Crippen LogP contribution in [0.5, 0.6) is 0 Å². The van der Waals surface area contributed by atoms with Crippen LogP contribution in [-0.2, 0) is 14.8 Å². The van der Waals surface area contributed by atoms with E-state index >= 15 is 0 Å². The molecule has 26 heavy (non-hydrogen) atoms. The molecule has 0 spiro atoms. The maximum atomic E-state index is 13.5. The van der Waals surface area contributed by atoms with Gasteiger partial charge in [0.2, 0.25) is 15.9 Å². The number of nitrogens with one attached hydrogen (secondary N) is 2. The van der Waals surface area contributed by atoms with E-state index in [4.69, 9.17) is 0 Å². The molecule has 8 heteroatoms. The fourth-order valence-electron chi connectivity index (χ4n) is 2.24. The number of hydrogen-bond donors (Lipinski definition) is 2. The summed E-state index contributed by atoms with van der Waals surface area (Å²) in [5, 5.41) is 5.47. The molecule has 0 bridgehead atoms. The third kappa shape index (κ3) is 4.59. The second kappa shape index (κ2) is 7.84. The number of hydrogen-bond acceptors (Lipinski definition) is 4. The number of nitrogens with zero attached hydrogens (tertiary/aromatic N) is 1. The number of carbonyl (C=O) groups excluding carboxylic acids is 1. The maximum Gasteiger partial charge on any atom is 0.243 e. The Kier molecular flexibility index (Phi) is 5.99. The predicted octanol–water partition coefficient (Wildman–Crippen LogP) is 2.74. The van der Waals surface area contributed by atoms with Gasteiger partial charge >= 0.3 is 0 Å². The molecule has 2 rings (SSSR count). The fraction of sp³-hybridized carbons (Fsp3) is 0.278. The molecule has 2 aromatic rings. The summed E-state index contributed by atoms with van der Waals surface area (Å²) >= 11 is 0. The normalized spacial score (nSPS) is 11.5. The third-order valence-electron chi connectivity index (χ3n) is 3.86. The highest BCUT2D eigenvalue weighted by molar-refractivity contribution is 7.89. The van der Waals surface area contributed by atoms with Crippen LogP contribution >= 0.6 is 0 Å². The minimum absolute atomic E-state index is 0.0772. The van der Waals surface area contributed by atoms with Gasteiger partial charge in [0.15, 0.2) is 0 Å². The number of halogens is 1. The van der Waals surface area contributed by atoms with Crippen molar-refractivity contribution in [3.8, 4) is 0 Å². The molecule has 1 amide bonds. The highest BCUT2D eigenvalue weighted by Crippen LogP contribution is 2.22. The first-order valence-corrected chi connectivity index (χ1v) is 9.38. The van der Waals surface area contributed by atoms with Crippen LogP contribution < -0.4 is 10.6 Å². The molecule has 0 heterocycles. The number of amides is 1. The van der Waals surface area contributed by atoms with Gasteiger partial charge in [0.05, 0.1) is 11.4 Å². The van der Waals surface area contributed by atoms with E-state index in [2.05, 4.69) is 10.6 Å². The predicted molar refractivity (Wildman–Crippen MR) is 100 cm³/mol. The van der Waals surface area contributed by atoms with Gasteiger partial charge < -0.3 is 10.6 Å². The Labute approximate surface area is 153 Å². The molecular weight excluding hydrogens is 357 g/mol. The fourth-order valence-corrected chi connectivity index (χ4v) is 3.39. The van der Waals surface area contributed by atoms with Gasteiger partial charge in [-0.2, -0.15) is 0 Å². The zero-order valence-electron chi connectivity index (χ0n) is 15.1. The molecule has 140 valence electrons. The van der Waals surface area contributed by atoms with Crippen LogP contribution in [-0.4, -0.2) is 39.3 Å². The van der Waals surface area contributed by atoms with Crippen molar-refractivity contribution < 1.29 is 17.6 Å². The van der Waals surface area contributed by atoms with Crippen molar-refractivity contribution in [2.75, 3.05) is 31.3 Å². The van der Waals surface area contributed by atoms with Crippen LogP contribution in [0.25, 0.3) is 0 Å². The summed E-state index contributed by atoms with van der Waals surface area (Å²) < 4.78 is 39.3. The molecule has 0 aromatic heterocycles. The summed E-state index contributed by atoms with van der Waals surface area (Å²) in [6, 6.07) is 9.31. The van der Waals surface area contributed by atoms with Crippen molar-refractivity contribution in [1.82, 2.24) is 4.31 Å². The first kappa shape index (κ1) is 19.9. The molecule has 0 saturated carbocycles. The lowest BCUT2D eigenvalue weighted by Gasteiger charge is -2.15. The Morgan fingerprint density at radius 2 is 1.65 bits per heavy atom. The van der Waals surface area contributed by atoms with E-state index < -0.39 is 10.0 Å². The van der Waals surface area contributed by atoms with Gasteiger partial charge in [-0.15, -0.1) is 0 Å². The lowest BCUT2D eigenvalue weighted by atomic mass is 10.2. The van der Waals surface area contributed by atoms with Crippen LogP contribution in [0, 0.1) is 19.7 Å². The molecule has 6 nitrogen and oxygen atoms in total. The first-order valence-electron chi connectivity index (χ1n) is 7.94. The first-order chi connectivity index (χ1) is 12.1. The topological polar surface area (TPSA) is 78.5 Å². The Morgan fingerprint density at radius 3 is 2.27 bits per heavy atom. The van der Waals surface area contributed by atoms with Crippen molar-refractivity contribution in [3.63, 3.8) is 0 Å². The van der Waals surface area contributed by atoms with Crippen LogP contribution in [0.2, 0.25) is 0 Å². The molecule has 2 aromatic carbocycles. The van der Waals surface area contributed by atoms with Gasteiger partial charge in [-0.3, -0.25) is 4.79 Å². The SMILES string of the molecule is Cc1ccc(NCC(=O)Nc2ccc(C)c(S(=O)(=O)N(C)C)c2)cc1F. The molecule has 2 N–H and O–H groups in total. The molecule has 0 radical (unpaired) electrons. The van der Waals surface area contributed by atoms with Crippen molar-refractivity contribution in [1.29, 1.82) is 0 Å². The van der Waals surface area contributed by atoms with Crippen LogP contribution in [0.3, 0.4) is 0 Å². The highest BCUT2D eigenvalue weighted by Gasteiger charge is 2.20. The molecule has 0 aliphatic heterocycles. The quantitative estimate of drug-likeness (QED) is 0.809. The molecule has 0 atom stereocenters. The summed E-state index contributed by atoms with van der Waals surface area (Å²) in [4.78, 5) is 12.2. The van der Waals surface area contributed by atoms with Gasteiger partial charge in [0.1, 0.15) is 5.82 Å². The summed E-state index contributed by atoms with van der Waals surface area (Å²) in [7, 11) is -0.707.